The number of methoxy groups -OCH3 is 1. The van der Waals surface area contributed by atoms with Gasteiger partial charge in [0.15, 0.2) is 10.9 Å². The molecule has 8 nitrogen and oxygen atoms in total. The minimum Gasteiger partial charge on any atom is -0.465 e. The Balaban J connectivity index is 1.86. The molecule has 1 atom stereocenters. The summed E-state index contributed by atoms with van der Waals surface area (Å²) in [4.78, 5) is 27.8. The van der Waals surface area contributed by atoms with E-state index in [1.54, 1.807) is 73.3 Å². The van der Waals surface area contributed by atoms with Gasteiger partial charge in [0.25, 0.3) is 5.91 Å². The van der Waals surface area contributed by atoms with Crippen molar-refractivity contribution in [2.45, 2.75) is 19.9 Å². The van der Waals surface area contributed by atoms with Crippen LogP contribution in [0.15, 0.2) is 70.4 Å². The van der Waals surface area contributed by atoms with E-state index in [1.807, 2.05) is 0 Å². The topological polar surface area (TPSA) is 96.7 Å². The summed E-state index contributed by atoms with van der Waals surface area (Å²) < 4.78 is 10.0. The minimum atomic E-state index is -0.723. The molecule has 0 spiro atoms. The molecule has 2 N–H and O–H groups in total. The van der Waals surface area contributed by atoms with E-state index in [0.717, 1.165) is 5.69 Å². The molecule has 2 aromatic carbocycles. The smallest absolute Gasteiger partial charge is 0.338 e. The lowest BCUT2D eigenvalue weighted by atomic mass is 9.90. The van der Waals surface area contributed by atoms with Crippen molar-refractivity contribution in [1.82, 2.24) is 10.5 Å². The maximum Gasteiger partial charge on any atom is 0.338 e. The van der Waals surface area contributed by atoms with Crippen LogP contribution in [0.4, 0.5) is 11.5 Å². The molecule has 0 fully saturated rings. The van der Waals surface area contributed by atoms with Crippen LogP contribution in [0.5, 0.6) is 0 Å². The molecule has 10 heteroatoms. The summed E-state index contributed by atoms with van der Waals surface area (Å²) in [7, 11) is 1.31. The molecule has 1 aliphatic rings. The van der Waals surface area contributed by atoms with Crippen molar-refractivity contribution in [1.29, 1.82) is 0 Å². The van der Waals surface area contributed by atoms with Gasteiger partial charge in [0.2, 0.25) is 0 Å². The monoisotopic (exact) mass is 496 g/mol. The Kier molecular flexibility index (Phi) is 6.67. The molecule has 1 aromatic heterocycles. The van der Waals surface area contributed by atoms with Crippen molar-refractivity contribution in [2.24, 2.45) is 0 Å². The van der Waals surface area contributed by atoms with Crippen molar-refractivity contribution < 1.29 is 18.8 Å². The Hall–Kier alpha value is -3.69. The number of rotatable bonds is 5. The fraction of sp³-hybridized carbons (Fsp3) is 0.167. The number of ether oxygens (including phenoxy) is 1. The fourth-order valence-corrected chi connectivity index (χ4v) is 4.31. The highest BCUT2D eigenvalue weighted by Gasteiger charge is 2.36. The van der Waals surface area contributed by atoms with Crippen LogP contribution in [0.2, 0.25) is 5.02 Å². The summed E-state index contributed by atoms with van der Waals surface area (Å²) in [5.74, 6) is -0.120. The Morgan fingerprint density at radius 3 is 2.53 bits per heavy atom. The van der Waals surface area contributed by atoms with Crippen molar-refractivity contribution in [2.75, 3.05) is 17.3 Å². The Morgan fingerprint density at radius 2 is 1.88 bits per heavy atom. The second-order valence-electron chi connectivity index (χ2n) is 7.55. The third kappa shape index (κ3) is 4.52. The normalized spacial score (nSPS) is 15.7. The van der Waals surface area contributed by atoms with Crippen LogP contribution >= 0.6 is 23.8 Å². The van der Waals surface area contributed by atoms with Crippen LogP contribution in [0.3, 0.4) is 0 Å². The zero-order valence-electron chi connectivity index (χ0n) is 18.6. The van der Waals surface area contributed by atoms with Gasteiger partial charge in [-0.15, -0.1) is 0 Å². The molecule has 0 aliphatic carbocycles. The molecule has 2 heterocycles. The average Bonchev–Trinajstić information content (AvgIpc) is 3.23. The number of carbonyl (C=O) groups is 2. The second kappa shape index (κ2) is 9.66. The van der Waals surface area contributed by atoms with Gasteiger partial charge in [0.1, 0.15) is 5.76 Å². The molecule has 0 bridgehead atoms. The SMILES string of the molecule is COC(=O)c1ccccc1C1NC(=S)N(c2ccc(Cl)cc2)C(C)=C1C(=O)Nc1cc(C)on1. The summed E-state index contributed by atoms with van der Waals surface area (Å²) in [5, 5.41) is 10.8. The third-order valence-electron chi connectivity index (χ3n) is 5.36. The maximum atomic E-state index is 13.6. The number of carbonyl (C=O) groups excluding carboxylic acids is 2. The predicted octanol–water partition coefficient (Wildman–Crippen LogP) is 4.77. The van der Waals surface area contributed by atoms with Gasteiger partial charge in [0.05, 0.1) is 24.3 Å². The molecule has 1 aliphatic heterocycles. The lowest BCUT2D eigenvalue weighted by Crippen LogP contribution is -2.49. The van der Waals surface area contributed by atoms with E-state index in [-0.39, 0.29) is 5.82 Å². The third-order valence-corrected chi connectivity index (χ3v) is 5.91. The molecule has 4 rings (SSSR count). The number of aryl methyl sites for hydroxylation is 1. The highest BCUT2D eigenvalue weighted by molar-refractivity contribution is 7.80. The van der Waals surface area contributed by atoms with E-state index in [1.165, 1.54) is 7.11 Å². The number of anilines is 2. The quantitative estimate of drug-likeness (QED) is 0.385. The minimum absolute atomic E-state index is 0.272. The van der Waals surface area contributed by atoms with Crippen molar-refractivity contribution in [3.63, 3.8) is 0 Å². The largest absolute Gasteiger partial charge is 0.465 e. The van der Waals surface area contributed by atoms with E-state index in [4.69, 9.17) is 33.1 Å². The van der Waals surface area contributed by atoms with E-state index in [9.17, 15) is 9.59 Å². The summed E-state index contributed by atoms with van der Waals surface area (Å²) in [5.41, 5.74) is 2.52. The lowest BCUT2D eigenvalue weighted by Gasteiger charge is -2.38. The Labute approximate surface area is 206 Å². The number of hydrogen-bond acceptors (Lipinski definition) is 6. The molecule has 174 valence electrons. The van der Waals surface area contributed by atoms with Crippen molar-refractivity contribution in [3.8, 4) is 0 Å². The van der Waals surface area contributed by atoms with E-state index in [2.05, 4.69) is 15.8 Å². The first-order chi connectivity index (χ1) is 16.3. The molecule has 1 unspecified atom stereocenters. The van der Waals surface area contributed by atoms with Gasteiger partial charge in [-0.3, -0.25) is 9.69 Å². The second-order valence-corrected chi connectivity index (χ2v) is 8.37. The summed E-state index contributed by atoms with van der Waals surface area (Å²) in [6.45, 7) is 3.52. The number of nitrogens with zero attached hydrogens (tertiary/aromatic N) is 2. The van der Waals surface area contributed by atoms with E-state index >= 15 is 0 Å². The summed E-state index contributed by atoms with van der Waals surface area (Å²) in [6.07, 6.45) is 0. The lowest BCUT2D eigenvalue weighted by molar-refractivity contribution is -0.113. The van der Waals surface area contributed by atoms with Gasteiger partial charge in [-0.1, -0.05) is 35.0 Å². The zero-order chi connectivity index (χ0) is 24.4. The van der Waals surface area contributed by atoms with E-state index < -0.39 is 17.9 Å². The first-order valence-electron chi connectivity index (χ1n) is 10.3. The fourth-order valence-electron chi connectivity index (χ4n) is 3.83. The van der Waals surface area contributed by atoms with Crippen LogP contribution in [-0.4, -0.2) is 29.3 Å². The molecule has 34 heavy (non-hydrogen) atoms. The highest BCUT2D eigenvalue weighted by Crippen LogP contribution is 2.36. The van der Waals surface area contributed by atoms with Crippen LogP contribution in [0.1, 0.15) is 34.6 Å². The molecular weight excluding hydrogens is 476 g/mol. The number of allylic oxidation sites excluding steroid dienone is 1. The summed E-state index contributed by atoms with van der Waals surface area (Å²) >= 11 is 11.7. The Bertz CT molecular complexity index is 1300. The van der Waals surface area contributed by atoms with Crippen LogP contribution in [0, 0.1) is 6.92 Å². The first-order valence-corrected chi connectivity index (χ1v) is 11.1. The number of hydrogen-bond donors (Lipinski definition) is 2. The van der Waals surface area contributed by atoms with Gasteiger partial charge < -0.3 is 19.9 Å². The number of thiocarbonyl (C=S) groups is 1. The number of nitrogens with one attached hydrogen (secondary N) is 2. The summed E-state index contributed by atoms with van der Waals surface area (Å²) in [6, 6.07) is 14.9. The Morgan fingerprint density at radius 1 is 1.18 bits per heavy atom. The van der Waals surface area contributed by atoms with Crippen molar-refractivity contribution in [3.05, 3.63) is 87.8 Å². The predicted molar refractivity (Wildman–Crippen MR) is 133 cm³/mol. The van der Waals surface area contributed by atoms with Gasteiger partial charge in [-0.2, -0.15) is 0 Å². The van der Waals surface area contributed by atoms with Gasteiger partial charge in [-0.25, -0.2) is 4.79 Å². The average molecular weight is 497 g/mol. The number of benzene rings is 2. The van der Waals surface area contributed by atoms with Crippen LogP contribution < -0.4 is 15.5 Å². The molecule has 0 radical (unpaired) electrons. The van der Waals surface area contributed by atoms with E-state index in [0.29, 0.717) is 38.3 Å². The molecule has 1 amide bonds. The van der Waals surface area contributed by atoms with Crippen LogP contribution in [0.25, 0.3) is 0 Å². The maximum absolute atomic E-state index is 13.6. The van der Waals surface area contributed by atoms with Gasteiger partial charge in [-0.05, 0) is 62.0 Å². The molecular formula is C24H21ClN4O4S. The van der Waals surface area contributed by atoms with Gasteiger partial charge in [0, 0.05) is 22.5 Å². The zero-order valence-corrected chi connectivity index (χ0v) is 20.2. The van der Waals surface area contributed by atoms with Crippen LogP contribution in [-0.2, 0) is 9.53 Å². The molecule has 0 saturated carbocycles. The number of halogens is 1. The van der Waals surface area contributed by atoms with Crippen molar-refractivity contribution >= 4 is 52.3 Å². The highest BCUT2D eigenvalue weighted by atomic mass is 35.5. The molecule has 3 aromatic rings. The number of esters is 1. The standard InChI is InChI=1S/C24H21ClN4O4S/c1-13-12-19(28-33-13)26-22(30)20-14(2)29(16-10-8-15(25)9-11-16)24(34)27-21(20)17-6-4-5-7-18(17)23(31)32-3/h4-12,21H,1-3H3,(H,27,34)(H,26,28,30). The molecule has 0 saturated heterocycles. The van der Waals surface area contributed by atoms with Gasteiger partial charge >= 0.3 is 5.97 Å². The first kappa shape index (κ1) is 23.5. The number of aromatic nitrogens is 1. The number of amides is 1.